The molecule has 3 unspecified atom stereocenters. The van der Waals surface area contributed by atoms with E-state index in [9.17, 15) is 9.59 Å². The quantitative estimate of drug-likeness (QED) is 0.815. The third-order valence-electron chi connectivity index (χ3n) is 5.58. The minimum Gasteiger partial charge on any atom is -0.347 e. The second-order valence-electron chi connectivity index (χ2n) is 7.51. The van der Waals surface area contributed by atoms with Crippen LogP contribution in [0.1, 0.15) is 64.1 Å². The predicted molar refractivity (Wildman–Crippen MR) is 105 cm³/mol. The molecule has 3 atom stereocenters. The fraction of sp³-hybridized carbons (Fsp3) is 0.524. The maximum Gasteiger partial charge on any atom is 0.275 e. The molecule has 0 bridgehead atoms. The van der Waals surface area contributed by atoms with Crippen molar-refractivity contribution in [2.45, 2.75) is 58.4 Å². The first-order chi connectivity index (χ1) is 13.1. The molecule has 144 valence electrons. The van der Waals surface area contributed by atoms with Gasteiger partial charge in [0.25, 0.3) is 5.56 Å². The first-order valence-electron chi connectivity index (χ1n) is 9.90. The van der Waals surface area contributed by atoms with Crippen LogP contribution in [-0.2, 0) is 4.79 Å². The number of aromatic amines is 1. The van der Waals surface area contributed by atoms with Crippen molar-refractivity contribution in [3.8, 4) is 11.4 Å². The molecule has 1 saturated carbocycles. The van der Waals surface area contributed by atoms with Gasteiger partial charge in [-0.2, -0.15) is 0 Å². The Balaban J connectivity index is 1.69. The monoisotopic (exact) mass is 368 g/mol. The summed E-state index contributed by atoms with van der Waals surface area (Å²) < 4.78 is 0. The Morgan fingerprint density at radius 2 is 1.96 bits per heavy atom. The maximum absolute atomic E-state index is 12.5. The van der Waals surface area contributed by atoms with Crippen LogP contribution >= 0.6 is 0 Å². The van der Waals surface area contributed by atoms with E-state index in [-0.39, 0.29) is 17.2 Å². The number of hydrogen-bond donors (Lipinski definition) is 2. The smallest absolute Gasteiger partial charge is 0.275 e. The summed E-state index contributed by atoms with van der Waals surface area (Å²) in [6.07, 6.45) is 5.87. The zero-order valence-electron chi connectivity index (χ0n) is 16.1. The Kier molecular flexibility index (Phi) is 6.37. The van der Waals surface area contributed by atoms with Crippen LogP contribution in [-0.4, -0.2) is 21.1 Å². The summed E-state index contributed by atoms with van der Waals surface area (Å²) in [6.45, 7) is 4.16. The molecule has 1 aliphatic carbocycles. The molecule has 2 aromatic rings. The molecule has 27 heavy (non-hydrogen) atoms. The van der Waals surface area contributed by atoms with Crippen LogP contribution in [0.25, 0.3) is 11.4 Å². The minimum absolute atomic E-state index is 0.00561. The molecule has 3 rings (SSSR count). The van der Waals surface area contributed by atoms with Crippen molar-refractivity contribution in [2.75, 3.05) is 0 Å². The van der Waals surface area contributed by atoms with E-state index in [4.69, 9.17) is 0 Å². The van der Waals surface area contributed by atoms with Crippen LogP contribution < -0.4 is 10.9 Å². The van der Waals surface area contributed by atoms with Gasteiger partial charge in [0.1, 0.15) is 0 Å². The number of nitrogens with zero attached hydrogens (tertiary/aromatic N) is 2. The van der Waals surface area contributed by atoms with Crippen LogP contribution in [0.4, 0.5) is 0 Å². The number of carbonyl (C=O) groups is 1. The second kappa shape index (κ2) is 8.93. The van der Waals surface area contributed by atoms with Crippen molar-refractivity contribution in [3.63, 3.8) is 0 Å². The molecular formula is C21H28N4O2. The normalized spacial score (nSPS) is 20.8. The standard InChI is InChI=1S/C21H28N4O2/c1-3-17(22-18(26)13-16-12-8-7-9-14(16)2)19-21(27)23-20(25-24-19)15-10-5-4-6-11-15/h4-6,10-11,14,16-17H,3,7-9,12-13H2,1-2H3,(H,22,26)(H,23,25,27). The van der Waals surface area contributed by atoms with E-state index < -0.39 is 6.04 Å². The molecule has 0 radical (unpaired) electrons. The lowest BCUT2D eigenvalue weighted by molar-refractivity contribution is -0.123. The molecule has 0 saturated heterocycles. The number of aromatic nitrogens is 3. The van der Waals surface area contributed by atoms with Gasteiger partial charge in [0.05, 0.1) is 6.04 Å². The van der Waals surface area contributed by atoms with Gasteiger partial charge in [0.15, 0.2) is 11.5 Å². The third kappa shape index (κ3) is 4.81. The van der Waals surface area contributed by atoms with Gasteiger partial charge in [-0.1, -0.05) is 63.4 Å². The number of hydrogen-bond acceptors (Lipinski definition) is 4. The second-order valence-corrected chi connectivity index (χ2v) is 7.51. The van der Waals surface area contributed by atoms with Gasteiger partial charge in [-0.3, -0.25) is 9.59 Å². The highest BCUT2D eigenvalue weighted by atomic mass is 16.2. The molecule has 1 aromatic carbocycles. The average Bonchev–Trinajstić information content (AvgIpc) is 2.69. The Morgan fingerprint density at radius 3 is 2.63 bits per heavy atom. The zero-order chi connectivity index (χ0) is 19.2. The average molecular weight is 368 g/mol. The van der Waals surface area contributed by atoms with Crippen LogP contribution in [0.3, 0.4) is 0 Å². The molecule has 6 heteroatoms. The lowest BCUT2D eigenvalue weighted by atomic mass is 9.78. The van der Waals surface area contributed by atoms with Gasteiger partial charge in [-0.05, 0) is 24.7 Å². The molecule has 1 heterocycles. The lowest BCUT2D eigenvalue weighted by Gasteiger charge is -2.28. The minimum atomic E-state index is -0.419. The van der Waals surface area contributed by atoms with E-state index in [1.807, 2.05) is 37.3 Å². The van der Waals surface area contributed by atoms with Crippen LogP contribution in [0, 0.1) is 11.8 Å². The largest absolute Gasteiger partial charge is 0.347 e. The molecule has 1 aliphatic rings. The highest BCUT2D eigenvalue weighted by Crippen LogP contribution is 2.32. The fourth-order valence-electron chi connectivity index (χ4n) is 3.85. The summed E-state index contributed by atoms with van der Waals surface area (Å²) in [6, 6.07) is 8.97. The summed E-state index contributed by atoms with van der Waals surface area (Å²) in [5, 5.41) is 11.3. The summed E-state index contributed by atoms with van der Waals surface area (Å²) in [7, 11) is 0. The molecule has 0 aliphatic heterocycles. The Bertz CT molecular complexity index is 818. The predicted octanol–water partition coefficient (Wildman–Crippen LogP) is 3.62. The Hall–Kier alpha value is -2.50. The van der Waals surface area contributed by atoms with E-state index >= 15 is 0 Å². The van der Waals surface area contributed by atoms with Crippen molar-refractivity contribution in [3.05, 3.63) is 46.4 Å². The van der Waals surface area contributed by atoms with Gasteiger partial charge < -0.3 is 10.3 Å². The van der Waals surface area contributed by atoms with Crippen molar-refractivity contribution in [2.24, 2.45) is 11.8 Å². The topological polar surface area (TPSA) is 87.7 Å². The number of amides is 1. The van der Waals surface area contributed by atoms with Gasteiger partial charge in [0, 0.05) is 12.0 Å². The van der Waals surface area contributed by atoms with Crippen LogP contribution in [0.2, 0.25) is 0 Å². The number of nitrogens with one attached hydrogen (secondary N) is 2. The lowest BCUT2D eigenvalue weighted by Crippen LogP contribution is -2.35. The number of carbonyl (C=O) groups excluding carboxylic acids is 1. The summed E-state index contributed by atoms with van der Waals surface area (Å²) in [5.74, 6) is 1.44. The number of rotatable bonds is 6. The highest BCUT2D eigenvalue weighted by molar-refractivity contribution is 5.76. The first-order valence-corrected chi connectivity index (χ1v) is 9.90. The van der Waals surface area contributed by atoms with Gasteiger partial charge >= 0.3 is 0 Å². The van der Waals surface area contributed by atoms with E-state index in [1.165, 1.54) is 19.3 Å². The molecule has 6 nitrogen and oxygen atoms in total. The summed E-state index contributed by atoms with van der Waals surface area (Å²) in [5.41, 5.74) is 0.765. The summed E-state index contributed by atoms with van der Waals surface area (Å²) >= 11 is 0. The Morgan fingerprint density at radius 1 is 1.22 bits per heavy atom. The van der Waals surface area contributed by atoms with Gasteiger partial charge in [0.2, 0.25) is 5.91 Å². The van der Waals surface area contributed by atoms with Crippen molar-refractivity contribution >= 4 is 5.91 Å². The molecule has 1 amide bonds. The molecule has 1 fully saturated rings. The maximum atomic E-state index is 12.5. The molecule has 1 aromatic heterocycles. The van der Waals surface area contributed by atoms with Crippen molar-refractivity contribution in [1.29, 1.82) is 0 Å². The first kappa shape index (κ1) is 19.3. The highest BCUT2D eigenvalue weighted by Gasteiger charge is 2.25. The van der Waals surface area contributed by atoms with E-state index in [0.717, 1.165) is 12.0 Å². The SMILES string of the molecule is CCC(NC(=O)CC1CCCCC1C)c1nnc(-c2ccccc2)[nH]c1=O. The van der Waals surface area contributed by atoms with E-state index in [2.05, 4.69) is 27.4 Å². The zero-order valence-corrected chi connectivity index (χ0v) is 16.1. The third-order valence-corrected chi connectivity index (χ3v) is 5.58. The number of H-pyrrole nitrogens is 1. The molecule has 2 N–H and O–H groups in total. The van der Waals surface area contributed by atoms with E-state index in [0.29, 0.717) is 30.5 Å². The van der Waals surface area contributed by atoms with Crippen LogP contribution in [0.5, 0.6) is 0 Å². The van der Waals surface area contributed by atoms with Gasteiger partial charge in [-0.25, -0.2) is 0 Å². The van der Waals surface area contributed by atoms with Crippen molar-refractivity contribution in [1.82, 2.24) is 20.5 Å². The van der Waals surface area contributed by atoms with Crippen LogP contribution in [0.15, 0.2) is 35.1 Å². The molecular weight excluding hydrogens is 340 g/mol. The van der Waals surface area contributed by atoms with Crippen molar-refractivity contribution < 1.29 is 4.79 Å². The number of benzene rings is 1. The van der Waals surface area contributed by atoms with Gasteiger partial charge in [-0.15, -0.1) is 10.2 Å². The molecule has 0 spiro atoms. The fourth-order valence-corrected chi connectivity index (χ4v) is 3.85. The van der Waals surface area contributed by atoms with E-state index in [1.54, 1.807) is 0 Å². The Labute approximate surface area is 159 Å². The summed E-state index contributed by atoms with van der Waals surface area (Å²) in [4.78, 5) is 27.8.